The van der Waals surface area contributed by atoms with E-state index in [0.29, 0.717) is 0 Å². The molecule has 0 saturated carbocycles. The summed E-state index contributed by atoms with van der Waals surface area (Å²) in [7, 11) is 0. The topological polar surface area (TPSA) is 12.9 Å². The van der Waals surface area contributed by atoms with E-state index in [1.165, 1.54) is 10.3 Å². The predicted octanol–water partition coefficient (Wildman–Crippen LogP) is 4.36. The van der Waals surface area contributed by atoms with Crippen LogP contribution in [-0.2, 0) is 5.41 Å². The Hall–Kier alpha value is -0.410. The van der Waals surface area contributed by atoms with Crippen molar-refractivity contribution in [2.45, 2.75) is 26.2 Å². The Labute approximate surface area is 96.3 Å². The molecule has 0 saturated heterocycles. The predicted molar refractivity (Wildman–Crippen MR) is 66.0 cm³/mol. The fourth-order valence-electron chi connectivity index (χ4n) is 1.51. The molecule has 1 aromatic heterocycles. The van der Waals surface area contributed by atoms with Gasteiger partial charge in [-0.3, -0.25) is 0 Å². The number of fused-ring (bicyclic) bond motifs is 1. The van der Waals surface area contributed by atoms with Gasteiger partial charge in [0.2, 0.25) is 0 Å². The zero-order chi connectivity index (χ0) is 10.3. The second kappa shape index (κ2) is 3.31. The van der Waals surface area contributed by atoms with Crippen molar-refractivity contribution < 1.29 is 0 Å². The maximum absolute atomic E-state index is 4.42. The van der Waals surface area contributed by atoms with Crippen LogP contribution in [0.5, 0.6) is 0 Å². The summed E-state index contributed by atoms with van der Waals surface area (Å²) in [6.07, 6.45) is 0. The van der Waals surface area contributed by atoms with Crippen molar-refractivity contribution in [1.29, 1.82) is 0 Å². The van der Waals surface area contributed by atoms with Crippen molar-refractivity contribution in [2.75, 3.05) is 0 Å². The lowest BCUT2D eigenvalue weighted by Gasteiger charge is -2.19. The van der Waals surface area contributed by atoms with Gasteiger partial charge >= 0.3 is 0 Å². The Morgan fingerprint density at radius 2 is 2.00 bits per heavy atom. The van der Waals surface area contributed by atoms with Crippen molar-refractivity contribution >= 4 is 37.5 Å². The molecule has 14 heavy (non-hydrogen) atoms. The Balaban J connectivity index is 2.77. The zero-order valence-electron chi connectivity index (χ0n) is 8.47. The van der Waals surface area contributed by atoms with Gasteiger partial charge in [0.1, 0.15) is 0 Å². The van der Waals surface area contributed by atoms with Gasteiger partial charge in [0, 0.05) is 0 Å². The summed E-state index contributed by atoms with van der Waals surface area (Å²) in [5.74, 6) is 0. The fraction of sp³-hybridized carbons (Fsp3) is 0.364. The average Bonchev–Trinajstić information content (AvgIpc) is 2.41. The molecule has 0 N–H and O–H groups in total. The highest BCUT2D eigenvalue weighted by molar-refractivity contribution is 9.11. The quantitative estimate of drug-likeness (QED) is 0.693. The third kappa shape index (κ3) is 1.71. The maximum atomic E-state index is 4.42. The first-order valence-electron chi connectivity index (χ1n) is 4.54. The number of halogens is 1. The number of hydrogen-bond acceptors (Lipinski definition) is 2. The lowest BCUT2D eigenvalue weighted by atomic mass is 9.87. The summed E-state index contributed by atoms with van der Waals surface area (Å²) in [6.45, 7) is 6.69. The summed E-state index contributed by atoms with van der Waals surface area (Å²) < 4.78 is 2.26. The zero-order valence-corrected chi connectivity index (χ0v) is 10.9. The lowest BCUT2D eigenvalue weighted by molar-refractivity contribution is 0.596. The van der Waals surface area contributed by atoms with Gasteiger partial charge in [0.05, 0.1) is 10.2 Å². The van der Waals surface area contributed by atoms with E-state index in [-0.39, 0.29) is 5.41 Å². The molecule has 0 aliphatic carbocycles. The van der Waals surface area contributed by atoms with Crippen LogP contribution < -0.4 is 0 Å². The summed E-state index contributed by atoms with van der Waals surface area (Å²) in [6, 6.07) is 6.33. The van der Waals surface area contributed by atoms with Crippen LogP contribution in [0.25, 0.3) is 10.2 Å². The molecule has 0 amide bonds. The van der Waals surface area contributed by atoms with Crippen LogP contribution >= 0.6 is 27.3 Å². The summed E-state index contributed by atoms with van der Waals surface area (Å²) >= 11 is 5.14. The van der Waals surface area contributed by atoms with Gasteiger partial charge in [-0.15, -0.1) is 11.3 Å². The largest absolute Gasteiger partial charge is 0.229 e. The third-order valence-corrected chi connectivity index (χ3v) is 3.75. The summed E-state index contributed by atoms with van der Waals surface area (Å²) in [5, 5.41) is 0. The number of aromatic nitrogens is 1. The number of rotatable bonds is 0. The highest BCUT2D eigenvalue weighted by Crippen LogP contribution is 2.35. The minimum atomic E-state index is 0.186. The molecule has 0 aliphatic rings. The van der Waals surface area contributed by atoms with E-state index in [0.717, 1.165) is 9.43 Å². The highest BCUT2D eigenvalue weighted by atomic mass is 79.9. The molecule has 0 bridgehead atoms. The smallest absolute Gasteiger partial charge is 0.160 e. The number of benzene rings is 1. The number of nitrogens with zero attached hydrogens (tertiary/aromatic N) is 1. The minimum Gasteiger partial charge on any atom is -0.229 e. The van der Waals surface area contributed by atoms with Crippen LogP contribution in [0.4, 0.5) is 0 Å². The molecule has 74 valence electrons. The van der Waals surface area contributed by atoms with Gasteiger partial charge in [-0.05, 0) is 33.0 Å². The molecule has 0 atom stereocenters. The molecule has 1 heterocycles. The van der Waals surface area contributed by atoms with Crippen LogP contribution in [0.2, 0.25) is 0 Å². The molecule has 0 unspecified atom stereocenters. The SMILES string of the molecule is CC(C)(C)c1cccc2nc(Br)sc12. The van der Waals surface area contributed by atoms with E-state index in [2.05, 4.69) is 59.9 Å². The Bertz CT molecular complexity index is 468. The third-order valence-electron chi connectivity index (χ3n) is 2.20. The first-order chi connectivity index (χ1) is 6.48. The molecule has 0 spiro atoms. The lowest BCUT2D eigenvalue weighted by Crippen LogP contribution is -2.10. The van der Waals surface area contributed by atoms with Crippen LogP contribution in [0.15, 0.2) is 22.1 Å². The van der Waals surface area contributed by atoms with E-state index in [1.54, 1.807) is 11.3 Å². The second-order valence-corrected chi connectivity index (χ2v) is 6.65. The van der Waals surface area contributed by atoms with Gasteiger partial charge < -0.3 is 0 Å². The van der Waals surface area contributed by atoms with E-state index in [4.69, 9.17) is 0 Å². The molecule has 2 aromatic rings. The minimum absolute atomic E-state index is 0.186. The highest BCUT2D eigenvalue weighted by Gasteiger charge is 2.18. The van der Waals surface area contributed by atoms with Crippen molar-refractivity contribution in [1.82, 2.24) is 4.98 Å². The van der Waals surface area contributed by atoms with Crippen LogP contribution in [-0.4, -0.2) is 4.98 Å². The molecule has 0 aliphatic heterocycles. The number of thiazole rings is 1. The van der Waals surface area contributed by atoms with E-state index >= 15 is 0 Å². The molecular weight excluding hydrogens is 258 g/mol. The van der Waals surface area contributed by atoms with E-state index < -0.39 is 0 Å². The summed E-state index contributed by atoms with van der Waals surface area (Å²) in [5.41, 5.74) is 2.65. The van der Waals surface area contributed by atoms with Gasteiger partial charge in [-0.25, -0.2) is 4.98 Å². The van der Waals surface area contributed by atoms with E-state index in [9.17, 15) is 0 Å². The standard InChI is InChI=1S/C11H12BrNS/c1-11(2,3)7-5-4-6-8-9(7)14-10(12)13-8/h4-6H,1-3H3. The number of hydrogen-bond donors (Lipinski definition) is 0. The van der Waals surface area contributed by atoms with Crippen molar-refractivity contribution in [3.63, 3.8) is 0 Å². The fourth-order valence-corrected chi connectivity index (χ4v) is 3.20. The Morgan fingerprint density at radius 3 is 2.64 bits per heavy atom. The molecule has 1 nitrogen and oxygen atoms in total. The normalized spacial score (nSPS) is 12.3. The van der Waals surface area contributed by atoms with Gasteiger partial charge in [-0.1, -0.05) is 32.9 Å². The van der Waals surface area contributed by atoms with Crippen molar-refractivity contribution in [3.8, 4) is 0 Å². The first kappa shape index (κ1) is 10.1. The molecular formula is C11H12BrNS. The summed E-state index contributed by atoms with van der Waals surface area (Å²) in [4.78, 5) is 4.42. The van der Waals surface area contributed by atoms with Crippen LogP contribution in [0.1, 0.15) is 26.3 Å². The van der Waals surface area contributed by atoms with Crippen LogP contribution in [0, 0.1) is 0 Å². The molecule has 3 heteroatoms. The molecule has 1 aromatic carbocycles. The molecule has 2 rings (SSSR count). The first-order valence-corrected chi connectivity index (χ1v) is 6.15. The van der Waals surface area contributed by atoms with Gasteiger partial charge in [0.25, 0.3) is 0 Å². The average molecular weight is 270 g/mol. The van der Waals surface area contributed by atoms with Crippen molar-refractivity contribution in [2.24, 2.45) is 0 Å². The maximum Gasteiger partial charge on any atom is 0.160 e. The van der Waals surface area contributed by atoms with Crippen molar-refractivity contribution in [3.05, 3.63) is 27.7 Å². The Kier molecular flexibility index (Phi) is 2.40. The molecule has 0 fully saturated rings. The van der Waals surface area contributed by atoms with E-state index in [1.807, 2.05) is 0 Å². The monoisotopic (exact) mass is 269 g/mol. The second-order valence-electron chi connectivity index (χ2n) is 4.37. The van der Waals surface area contributed by atoms with Gasteiger partial charge in [-0.2, -0.15) is 0 Å². The molecule has 0 radical (unpaired) electrons. The van der Waals surface area contributed by atoms with Crippen LogP contribution in [0.3, 0.4) is 0 Å². The van der Waals surface area contributed by atoms with Gasteiger partial charge in [0.15, 0.2) is 3.92 Å². The Morgan fingerprint density at radius 1 is 1.29 bits per heavy atom.